The zero-order chi connectivity index (χ0) is 10.3. The predicted octanol–water partition coefficient (Wildman–Crippen LogP) is 1.58. The van der Waals surface area contributed by atoms with Crippen LogP contribution in [0, 0.1) is 5.92 Å². The number of rotatable bonds is 2. The highest BCUT2D eigenvalue weighted by molar-refractivity contribution is 5.70. The number of likely N-dealkylation sites (N-methyl/N-ethyl adjacent to an activating group) is 1. The normalized spacial score (nSPS) is 29.5. The van der Waals surface area contributed by atoms with Gasteiger partial charge in [0.25, 0.3) is 0 Å². The Hall–Kier alpha value is -1.22. The maximum atomic E-state index is 4.09. The molecule has 3 nitrogen and oxygen atoms in total. The molecule has 2 aliphatic rings. The SMILES string of the molecule is CCN1C[C@H]2C[C@@H]1C=C2c1cncnc1. The van der Waals surface area contributed by atoms with Crippen molar-refractivity contribution in [3.8, 4) is 0 Å². The van der Waals surface area contributed by atoms with E-state index in [2.05, 4.69) is 27.9 Å². The monoisotopic (exact) mass is 201 g/mol. The van der Waals surface area contributed by atoms with E-state index in [4.69, 9.17) is 0 Å². The summed E-state index contributed by atoms with van der Waals surface area (Å²) in [5, 5.41) is 0. The van der Waals surface area contributed by atoms with Crippen molar-refractivity contribution < 1.29 is 0 Å². The topological polar surface area (TPSA) is 29.0 Å². The summed E-state index contributed by atoms with van der Waals surface area (Å²) in [5.74, 6) is 0.709. The lowest BCUT2D eigenvalue weighted by Crippen LogP contribution is -2.30. The number of likely N-dealkylation sites (tertiary alicyclic amines) is 1. The van der Waals surface area contributed by atoms with Crippen LogP contribution in [0.2, 0.25) is 0 Å². The molecule has 0 radical (unpaired) electrons. The molecule has 1 aliphatic carbocycles. The van der Waals surface area contributed by atoms with Crippen LogP contribution >= 0.6 is 0 Å². The molecule has 15 heavy (non-hydrogen) atoms. The molecule has 1 aromatic heterocycles. The summed E-state index contributed by atoms with van der Waals surface area (Å²) in [6, 6.07) is 0.662. The first-order valence-corrected chi connectivity index (χ1v) is 5.59. The number of fused-ring (bicyclic) bond motifs is 2. The predicted molar refractivity (Wildman–Crippen MR) is 59.2 cm³/mol. The average Bonchev–Trinajstić information content (AvgIpc) is 2.89. The van der Waals surface area contributed by atoms with Crippen molar-refractivity contribution in [2.24, 2.45) is 5.92 Å². The highest BCUT2D eigenvalue weighted by Crippen LogP contribution is 2.41. The standard InChI is InChI=1S/C12H15N3/c1-2-15-7-9-3-11(15)4-12(9)10-5-13-8-14-6-10/h4-6,8-9,11H,2-3,7H2,1H3/t9-,11-/m1/s1. The van der Waals surface area contributed by atoms with Crippen molar-refractivity contribution in [3.05, 3.63) is 30.4 Å². The molecule has 2 bridgehead atoms. The number of aromatic nitrogens is 2. The van der Waals surface area contributed by atoms with Gasteiger partial charge in [-0.25, -0.2) is 9.97 Å². The molecule has 1 fully saturated rings. The van der Waals surface area contributed by atoms with Gasteiger partial charge < -0.3 is 0 Å². The third-order valence-electron chi connectivity index (χ3n) is 3.56. The molecular formula is C12H15N3. The third kappa shape index (κ3) is 1.38. The molecule has 2 heterocycles. The van der Waals surface area contributed by atoms with Crippen LogP contribution in [0.3, 0.4) is 0 Å². The van der Waals surface area contributed by atoms with E-state index in [1.165, 1.54) is 24.1 Å². The fourth-order valence-electron chi connectivity index (χ4n) is 2.82. The van der Waals surface area contributed by atoms with Crippen LogP contribution < -0.4 is 0 Å². The Labute approximate surface area is 89.8 Å². The quantitative estimate of drug-likeness (QED) is 0.727. The first kappa shape index (κ1) is 9.04. The fourth-order valence-corrected chi connectivity index (χ4v) is 2.82. The zero-order valence-corrected chi connectivity index (χ0v) is 8.93. The summed E-state index contributed by atoms with van der Waals surface area (Å²) < 4.78 is 0. The lowest BCUT2D eigenvalue weighted by Gasteiger charge is -2.24. The van der Waals surface area contributed by atoms with Crippen LogP contribution in [0.15, 0.2) is 24.8 Å². The van der Waals surface area contributed by atoms with Gasteiger partial charge in [-0.05, 0) is 24.5 Å². The Morgan fingerprint density at radius 3 is 2.80 bits per heavy atom. The molecule has 0 saturated carbocycles. The minimum Gasteiger partial charge on any atom is -0.297 e. The minimum atomic E-state index is 0.662. The summed E-state index contributed by atoms with van der Waals surface area (Å²) in [6.07, 6.45) is 9.13. The Kier molecular flexibility index (Phi) is 2.06. The number of nitrogens with zero attached hydrogens (tertiary/aromatic N) is 3. The van der Waals surface area contributed by atoms with Crippen LogP contribution in [-0.4, -0.2) is 34.0 Å². The smallest absolute Gasteiger partial charge is 0.115 e. The van der Waals surface area contributed by atoms with E-state index in [0.717, 1.165) is 6.54 Å². The number of hydrogen-bond acceptors (Lipinski definition) is 3. The van der Waals surface area contributed by atoms with E-state index in [-0.39, 0.29) is 0 Å². The molecule has 0 aromatic carbocycles. The van der Waals surface area contributed by atoms with Gasteiger partial charge in [-0.2, -0.15) is 0 Å². The summed E-state index contributed by atoms with van der Waals surface area (Å²) in [4.78, 5) is 10.7. The van der Waals surface area contributed by atoms with Crippen LogP contribution in [-0.2, 0) is 0 Å². The van der Waals surface area contributed by atoms with Crippen LogP contribution in [0.4, 0.5) is 0 Å². The maximum absolute atomic E-state index is 4.09. The summed E-state index contributed by atoms with van der Waals surface area (Å²) in [7, 11) is 0. The van der Waals surface area contributed by atoms with Crippen molar-refractivity contribution in [2.45, 2.75) is 19.4 Å². The van der Waals surface area contributed by atoms with Crippen molar-refractivity contribution in [1.29, 1.82) is 0 Å². The van der Waals surface area contributed by atoms with Crippen LogP contribution in [0.1, 0.15) is 18.9 Å². The summed E-state index contributed by atoms with van der Waals surface area (Å²) in [5.41, 5.74) is 2.67. The number of hydrogen-bond donors (Lipinski definition) is 0. The summed E-state index contributed by atoms with van der Waals surface area (Å²) in [6.45, 7) is 4.61. The van der Waals surface area contributed by atoms with E-state index in [9.17, 15) is 0 Å². The molecule has 78 valence electrons. The first-order chi connectivity index (χ1) is 7.38. The van der Waals surface area contributed by atoms with Gasteiger partial charge in [-0.3, -0.25) is 4.90 Å². The summed E-state index contributed by atoms with van der Waals surface area (Å²) >= 11 is 0. The zero-order valence-electron chi connectivity index (χ0n) is 8.93. The van der Waals surface area contributed by atoms with Crippen molar-refractivity contribution in [2.75, 3.05) is 13.1 Å². The van der Waals surface area contributed by atoms with Crippen molar-refractivity contribution in [3.63, 3.8) is 0 Å². The lowest BCUT2D eigenvalue weighted by atomic mass is 9.98. The molecular weight excluding hydrogens is 186 g/mol. The molecule has 0 amide bonds. The molecule has 3 rings (SSSR count). The van der Waals surface area contributed by atoms with Crippen LogP contribution in [0.5, 0.6) is 0 Å². The second kappa shape index (κ2) is 3.42. The van der Waals surface area contributed by atoms with E-state index < -0.39 is 0 Å². The molecule has 0 spiro atoms. The molecule has 1 saturated heterocycles. The second-order valence-electron chi connectivity index (χ2n) is 4.34. The van der Waals surface area contributed by atoms with Gasteiger partial charge in [0, 0.05) is 30.5 Å². The van der Waals surface area contributed by atoms with E-state index in [1.807, 2.05) is 12.4 Å². The van der Waals surface area contributed by atoms with E-state index in [0.29, 0.717) is 12.0 Å². The molecule has 2 atom stereocenters. The van der Waals surface area contributed by atoms with Gasteiger partial charge in [-0.1, -0.05) is 13.0 Å². The minimum absolute atomic E-state index is 0.662. The molecule has 1 aromatic rings. The van der Waals surface area contributed by atoms with E-state index in [1.54, 1.807) is 6.33 Å². The van der Waals surface area contributed by atoms with Gasteiger partial charge in [0.05, 0.1) is 0 Å². The van der Waals surface area contributed by atoms with Crippen LogP contribution in [0.25, 0.3) is 5.57 Å². The highest BCUT2D eigenvalue weighted by Gasteiger charge is 2.38. The molecule has 3 heteroatoms. The Morgan fingerprint density at radius 1 is 1.40 bits per heavy atom. The Morgan fingerprint density at radius 2 is 2.20 bits per heavy atom. The first-order valence-electron chi connectivity index (χ1n) is 5.59. The van der Waals surface area contributed by atoms with Gasteiger partial charge in [0.15, 0.2) is 0 Å². The van der Waals surface area contributed by atoms with Gasteiger partial charge >= 0.3 is 0 Å². The molecule has 0 N–H and O–H groups in total. The third-order valence-corrected chi connectivity index (χ3v) is 3.56. The maximum Gasteiger partial charge on any atom is 0.115 e. The van der Waals surface area contributed by atoms with Crippen molar-refractivity contribution in [1.82, 2.24) is 14.9 Å². The Balaban J connectivity index is 1.90. The Bertz CT molecular complexity index is 385. The fraction of sp³-hybridized carbons (Fsp3) is 0.500. The molecule has 1 aliphatic heterocycles. The molecule has 0 unspecified atom stereocenters. The van der Waals surface area contributed by atoms with Gasteiger partial charge in [-0.15, -0.1) is 0 Å². The van der Waals surface area contributed by atoms with Gasteiger partial charge in [0.1, 0.15) is 6.33 Å². The van der Waals surface area contributed by atoms with Gasteiger partial charge in [0.2, 0.25) is 0 Å². The average molecular weight is 201 g/mol. The highest BCUT2D eigenvalue weighted by atomic mass is 15.2. The second-order valence-corrected chi connectivity index (χ2v) is 4.34. The largest absolute Gasteiger partial charge is 0.297 e. The van der Waals surface area contributed by atoms with E-state index >= 15 is 0 Å². The van der Waals surface area contributed by atoms with Crippen molar-refractivity contribution >= 4 is 5.57 Å². The lowest BCUT2D eigenvalue weighted by molar-refractivity contribution is 0.297.